The summed E-state index contributed by atoms with van der Waals surface area (Å²) in [5.74, 6) is -0.457. The van der Waals surface area contributed by atoms with E-state index >= 15 is 0 Å². The molecule has 0 atom stereocenters. The minimum Gasteiger partial charge on any atom is -0.460 e. The molecule has 0 saturated carbocycles. The van der Waals surface area contributed by atoms with Gasteiger partial charge in [0.1, 0.15) is 6.61 Å². The molecule has 0 aliphatic heterocycles. The third kappa shape index (κ3) is 9.55. The highest BCUT2D eigenvalue weighted by atomic mass is 16.5. The molecular weight excluding hydrogens is 298 g/mol. The second kappa shape index (κ2) is 10.6. The van der Waals surface area contributed by atoms with E-state index in [0.717, 1.165) is 6.42 Å². The first kappa shape index (κ1) is 20.9. The molecule has 7 heteroatoms. The van der Waals surface area contributed by atoms with E-state index in [9.17, 15) is 14.4 Å². The quantitative estimate of drug-likeness (QED) is 0.320. The van der Waals surface area contributed by atoms with Gasteiger partial charge in [0.25, 0.3) is 0 Å². The Morgan fingerprint density at radius 3 is 2.17 bits per heavy atom. The van der Waals surface area contributed by atoms with Gasteiger partial charge in [-0.2, -0.15) is 0 Å². The lowest BCUT2D eigenvalue weighted by molar-refractivity contribution is -0.138. The molecular formula is C16H29N3O4. The summed E-state index contributed by atoms with van der Waals surface area (Å²) in [6.45, 7) is 12.1. The zero-order chi connectivity index (χ0) is 17.9. The molecule has 0 spiro atoms. The Labute approximate surface area is 138 Å². The normalized spacial score (nSPS) is 10.6. The van der Waals surface area contributed by atoms with Crippen LogP contribution in [0, 0.1) is 5.41 Å². The van der Waals surface area contributed by atoms with Crippen LogP contribution in [0.1, 0.15) is 40.5 Å². The van der Waals surface area contributed by atoms with Crippen molar-refractivity contribution in [1.82, 2.24) is 16.0 Å². The average molecular weight is 327 g/mol. The molecule has 0 rings (SSSR count). The lowest BCUT2D eigenvalue weighted by Gasteiger charge is -2.21. The summed E-state index contributed by atoms with van der Waals surface area (Å²) >= 11 is 0. The van der Waals surface area contributed by atoms with Crippen molar-refractivity contribution in [3.63, 3.8) is 0 Å². The molecule has 0 aromatic heterocycles. The number of nitrogens with one attached hydrogen (secondary N) is 3. The fourth-order valence-electron chi connectivity index (χ4n) is 1.39. The monoisotopic (exact) mass is 327 g/mol. The van der Waals surface area contributed by atoms with Gasteiger partial charge >= 0.3 is 12.0 Å². The molecule has 0 heterocycles. The summed E-state index contributed by atoms with van der Waals surface area (Å²) in [5.41, 5.74) is -0.0470. The predicted octanol–water partition coefficient (Wildman–Crippen LogP) is 1.35. The molecule has 0 aromatic rings. The number of rotatable bonds is 10. The lowest BCUT2D eigenvalue weighted by atomic mass is 9.89. The number of hydrogen-bond donors (Lipinski definition) is 3. The summed E-state index contributed by atoms with van der Waals surface area (Å²) in [6.07, 6.45) is 1.42. The molecule has 3 amide bonds. The van der Waals surface area contributed by atoms with E-state index in [1.54, 1.807) is 6.92 Å². The number of amides is 3. The van der Waals surface area contributed by atoms with Crippen LogP contribution in [-0.2, 0) is 14.3 Å². The van der Waals surface area contributed by atoms with E-state index in [4.69, 9.17) is 4.74 Å². The maximum atomic E-state index is 11.8. The van der Waals surface area contributed by atoms with Crippen molar-refractivity contribution in [3.8, 4) is 0 Å². The number of esters is 1. The molecule has 132 valence electrons. The van der Waals surface area contributed by atoms with Gasteiger partial charge in [-0.15, -0.1) is 0 Å². The van der Waals surface area contributed by atoms with Crippen molar-refractivity contribution >= 4 is 17.9 Å². The molecule has 0 aliphatic rings. The Kier molecular flexibility index (Phi) is 9.69. The molecule has 0 aliphatic carbocycles. The fourth-order valence-corrected chi connectivity index (χ4v) is 1.39. The fraction of sp³-hybridized carbons (Fsp3) is 0.688. The van der Waals surface area contributed by atoms with E-state index in [1.165, 1.54) is 0 Å². The molecule has 0 fully saturated rings. The summed E-state index contributed by atoms with van der Waals surface area (Å²) < 4.78 is 4.84. The number of carbonyl (C=O) groups is 3. The number of urea groups is 1. The van der Waals surface area contributed by atoms with Gasteiger partial charge in [-0.25, -0.2) is 9.59 Å². The Bertz CT molecular complexity index is 433. The zero-order valence-electron chi connectivity index (χ0n) is 14.6. The lowest BCUT2D eigenvalue weighted by Crippen LogP contribution is -2.40. The Balaban J connectivity index is 3.63. The first-order valence-corrected chi connectivity index (χ1v) is 7.83. The highest BCUT2D eigenvalue weighted by Crippen LogP contribution is 2.19. The van der Waals surface area contributed by atoms with Gasteiger partial charge in [-0.05, 0) is 19.8 Å². The van der Waals surface area contributed by atoms with E-state index in [-0.39, 0.29) is 30.5 Å². The largest absolute Gasteiger partial charge is 0.460 e. The molecule has 23 heavy (non-hydrogen) atoms. The van der Waals surface area contributed by atoms with E-state index in [1.807, 2.05) is 20.8 Å². The highest BCUT2D eigenvalue weighted by Gasteiger charge is 2.24. The smallest absolute Gasteiger partial charge is 0.333 e. The molecule has 0 bridgehead atoms. The van der Waals surface area contributed by atoms with Gasteiger partial charge in [0.2, 0.25) is 5.91 Å². The van der Waals surface area contributed by atoms with Crippen LogP contribution >= 0.6 is 0 Å². The van der Waals surface area contributed by atoms with E-state index < -0.39 is 5.97 Å². The van der Waals surface area contributed by atoms with Crippen LogP contribution in [0.5, 0.6) is 0 Å². The van der Waals surface area contributed by atoms with Crippen molar-refractivity contribution < 1.29 is 19.1 Å². The van der Waals surface area contributed by atoms with Crippen LogP contribution in [0.2, 0.25) is 0 Å². The van der Waals surface area contributed by atoms with Crippen molar-refractivity contribution in [2.75, 3.05) is 26.2 Å². The molecule has 0 radical (unpaired) electrons. The number of carbonyl (C=O) groups excluding carboxylic acids is 3. The number of ether oxygens (including phenoxy) is 1. The van der Waals surface area contributed by atoms with Crippen LogP contribution in [0.25, 0.3) is 0 Å². The van der Waals surface area contributed by atoms with Crippen LogP contribution in [0.4, 0.5) is 4.79 Å². The average Bonchev–Trinajstić information content (AvgIpc) is 2.50. The third-order valence-electron chi connectivity index (χ3n) is 3.39. The first-order valence-electron chi connectivity index (χ1n) is 7.83. The Morgan fingerprint density at radius 1 is 1.04 bits per heavy atom. The van der Waals surface area contributed by atoms with Gasteiger partial charge < -0.3 is 20.7 Å². The van der Waals surface area contributed by atoms with Crippen molar-refractivity contribution in [2.45, 2.75) is 40.5 Å². The minimum atomic E-state index is -0.474. The van der Waals surface area contributed by atoms with Gasteiger partial charge in [0.15, 0.2) is 0 Å². The van der Waals surface area contributed by atoms with Gasteiger partial charge in [-0.3, -0.25) is 4.79 Å². The van der Waals surface area contributed by atoms with Crippen LogP contribution in [-0.4, -0.2) is 44.1 Å². The molecule has 0 saturated heterocycles. The maximum absolute atomic E-state index is 11.8. The van der Waals surface area contributed by atoms with Crippen LogP contribution in [0.15, 0.2) is 12.2 Å². The third-order valence-corrected chi connectivity index (χ3v) is 3.39. The SMILES string of the molecule is C=C(C)C(=O)OCCNC(=O)NCCCNC(=O)C(C)(C)CC. The molecule has 0 unspecified atom stereocenters. The Morgan fingerprint density at radius 2 is 1.61 bits per heavy atom. The molecule has 7 nitrogen and oxygen atoms in total. The standard InChI is InChI=1S/C16H29N3O4/c1-6-16(4,5)14(21)17-8-7-9-18-15(22)19-10-11-23-13(20)12(2)3/h2,6-11H2,1,3-5H3,(H,17,21)(H2,18,19,22). The van der Waals surface area contributed by atoms with Crippen LogP contribution in [0.3, 0.4) is 0 Å². The van der Waals surface area contributed by atoms with Crippen molar-refractivity contribution in [1.29, 1.82) is 0 Å². The Hall–Kier alpha value is -2.05. The van der Waals surface area contributed by atoms with E-state index in [0.29, 0.717) is 25.1 Å². The highest BCUT2D eigenvalue weighted by molar-refractivity contribution is 5.86. The predicted molar refractivity (Wildman–Crippen MR) is 88.9 cm³/mol. The summed E-state index contributed by atoms with van der Waals surface area (Å²) in [4.78, 5) is 34.4. The van der Waals surface area contributed by atoms with Gasteiger partial charge in [0.05, 0.1) is 6.54 Å². The minimum absolute atomic E-state index is 0.0174. The zero-order valence-corrected chi connectivity index (χ0v) is 14.6. The number of hydrogen-bond acceptors (Lipinski definition) is 4. The summed E-state index contributed by atoms with van der Waals surface area (Å²) in [7, 11) is 0. The van der Waals surface area contributed by atoms with Gasteiger partial charge in [-0.1, -0.05) is 27.4 Å². The molecule has 0 aromatic carbocycles. The topological polar surface area (TPSA) is 96.5 Å². The van der Waals surface area contributed by atoms with Crippen molar-refractivity contribution in [3.05, 3.63) is 12.2 Å². The first-order chi connectivity index (χ1) is 10.7. The molecule has 3 N–H and O–H groups in total. The van der Waals surface area contributed by atoms with Crippen LogP contribution < -0.4 is 16.0 Å². The van der Waals surface area contributed by atoms with E-state index in [2.05, 4.69) is 22.5 Å². The summed E-state index contributed by atoms with van der Waals surface area (Å²) in [5, 5.41) is 8.07. The second-order valence-electron chi connectivity index (χ2n) is 5.95. The maximum Gasteiger partial charge on any atom is 0.333 e. The summed E-state index contributed by atoms with van der Waals surface area (Å²) in [6, 6.07) is -0.336. The second-order valence-corrected chi connectivity index (χ2v) is 5.95. The van der Waals surface area contributed by atoms with Crippen molar-refractivity contribution in [2.24, 2.45) is 5.41 Å². The van der Waals surface area contributed by atoms with Gasteiger partial charge in [0, 0.05) is 24.1 Å².